The molecule has 1 N–H and O–H groups in total. The fourth-order valence-electron chi connectivity index (χ4n) is 3.15. The molecule has 0 aromatic heterocycles. The first-order chi connectivity index (χ1) is 9.61. The van der Waals surface area contributed by atoms with E-state index in [2.05, 4.69) is 31.0 Å². The second kappa shape index (κ2) is 7.19. The predicted octanol–water partition coefficient (Wildman–Crippen LogP) is 3.56. The van der Waals surface area contributed by atoms with E-state index in [4.69, 9.17) is 0 Å². The van der Waals surface area contributed by atoms with E-state index >= 15 is 0 Å². The number of hydrogen-bond acceptors (Lipinski definition) is 2. The zero-order valence-corrected chi connectivity index (χ0v) is 13.0. The number of likely N-dealkylation sites (tertiary alicyclic amines) is 1. The van der Waals surface area contributed by atoms with Crippen molar-refractivity contribution in [3.8, 4) is 0 Å². The molecule has 1 heterocycles. The van der Waals surface area contributed by atoms with Crippen molar-refractivity contribution in [3.63, 3.8) is 0 Å². The molecule has 0 amide bonds. The van der Waals surface area contributed by atoms with Crippen molar-refractivity contribution in [1.82, 2.24) is 10.2 Å². The maximum atomic E-state index is 14.0. The highest BCUT2D eigenvalue weighted by Gasteiger charge is 2.27. The predicted molar refractivity (Wildman–Crippen MR) is 82.1 cm³/mol. The smallest absolute Gasteiger partial charge is 0.127 e. The van der Waals surface area contributed by atoms with Gasteiger partial charge in [0.15, 0.2) is 0 Å². The fourth-order valence-corrected chi connectivity index (χ4v) is 3.15. The first-order valence-corrected chi connectivity index (χ1v) is 7.84. The largest absolute Gasteiger partial charge is 0.313 e. The van der Waals surface area contributed by atoms with Crippen LogP contribution in [-0.2, 0) is 13.1 Å². The third kappa shape index (κ3) is 3.80. The molecule has 1 aromatic carbocycles. The molecule has 1 aliphatic heterocycles. The second-order valence-electron chi connectivity index (χ2n) is 6.13. The molecule has 2 nitrogen and oxygen atoms in total. The Kier molecular flexibility index (Phi) is 5.55. The standard InChI is InChI=1S/C17H27FN2/c1-4-19-11-14-7-8-16(18)15(10-14)12-20-9-5-6-17(20)13(2)3/h7-8,10,13,17,19H,4-6,9,11-12H2,1-3H3. The molecule has 3 heteroatoms. The zero-order chi connectivity index (χ0) is 14.5. The Bertz CT molecular complexity index is 431. The first-order valence-electron chi connectivity index (χ1n) is 7.84. The van der Waals surface area contributed by atoms with E-state index in [1.165, 1.54) is 18.4 Å². The van der Waals surface area contributed by atoms with Gasteiger partial charge in [-0.2, -0.15) is 0 Å². The van der Waals surface area contributed by atoms with Crippen LogP contribution in [0.3, 0.4) is 0 Å². The van der Waals surface area contributed by atoms with E-state index in [1.807, 2.05) is 12.1 Å². The monoisotopic (exact) mass is 278 g/mol. The van der Waals surface area contributed by atoms with Gasteiger partial charge in [0.05, 0.1) is 0 Å². The average molecular weight is 278 g/mol. The normalized spacial score (nSPS) is 19.9. The van der Waals surface area contributed by atoms with Crippen molar-refractivity contribution in [2.75, 3.05) is 13.1 Å². The highest BCUT2D eigenvalue weighted by molar-refractivity contribution is 5.25. The average Bonchev–Trinajstić information content (AvgIpc) is 2.88. The van der Waals surface area contributed by atoms with Gasteiger partial charge in [-0.05, 0) is 43.5 Å². The Morgan fingerprint density at radius 1 is 1.40 bits per heavy atom. The van der Waals surface area contributed by atoms with Crippen LogP contribution in [0.5, 0.6) is 0 Å². The third-order valence-corrected chi connectivity index (χ3v) is 4.25. The van der Waals surface area contributed by atoms with E-state index in [1.54, 1.807) is 6.07 Å². The van der Waals surface area contributed by atoms with E-state index in [0.29, 0.717) is 12.0 Å². The number of nitrogens with zero attached hydrogens (tertiary/aromatic N) is 1. The van der Waals surface area contributed by atoms with Crippen LogP contribution < -0.4 is 5.32 Å². The lowest BCUT2D eigenvalue weighted by molar-refractivity contribution is 0.196. The van der Waals surface area contributed by atoms with E-state index in [0.717, 1.165) is 31.7 Å². The summed E-state index contributed by atoms with van der Waals surface area (Å²) < 4.78 is 14.0. The molecule has 1 atom stereocenters. The van der Waals surface area contributed by atoms with Gasteiger partial charge in [-0.25, -0.2) is 4.39 Å². The van der Waals surface area contributed by atoms with Crippen LogP contribution in [0, 0.1) is 11.7 Å². The Balaban J connectivity index is 2.07. The molecule has 1 unspecified atom stereocenters. The summed E-state index contributed by atoms with van der Waals surface area (Å²) in [6.07, 6.45) is 2.48. The Hall–Kier alpha value is -0.930. The van der Waals surface area contributed by atoms with Crippen LogP contribution in [0.2, 0.25) is 0 Å². The van der Waals surface area contributed by atoms with Gasteiger partial charge in [-0.3, -0.25) is 4.90 Å². The first kappa shape index (κ1) is 15.5. The lowest BCUT2D eigenvalue weighted by Gasteiger charge is -2.27. The third-order valence-electron chi connectivity index (χ3n) is 4.25. The lowest BCUT2D eigenvalue weighted by Crippen LogP contribution is -2.33. The van der Waals surface area contributed by atoms with Crippen LogP contribution in [0.1, 0.15) is 44.7 Å². The number of rotatable bonds is 6. The summed E-state index contributed by atoms with van der Waals surface area (Å²) in [4.78, 5) is 2.44. The van der Waals surface area contributed by atoms with Crippen LogP contribution in [0.25, 0.3) is 0 Å². The molecule has 1 saturated heterocycles. The maximum Gasteiger partial charge on any atom is 0.127 e. The molecule has 1 fully saturated rings. The van der Waals surface area contributed by atoms with Gasteiger partial charge in [0.1, 0.15) is 5.82 Å². The van der Waals surface area contributed by atoms with E-state index in [-0.39, 0.29) is 5.82 Å². The molecule has 1 aliphatic rings. The number of benzene rings is 1. The van der Waals surface area contributed by atoms with Gasteiger partial charge in [0.25, 0.3) is 0 Å². The summed E-state index contributed by atoms with van der Waals surface area (Å²) in [7, 11) is 0. The summed E-state index contributed by atoms with van der Waals surface area (Å²) in [6.45, 7) is 10.2. The van der Waals surface area contributed by atoms with Crippen molar-refractivity contribution >= 4 is 0 Å². The minimum Gasteiger partial charge on any atom is -0.313 e. The molecule has 2 rings (SSSR count). The van der Waals surface area contributed by atoms with Crippen molar-refractivity contribution < 1.29 is 4.39 Å². The number of halogens is 1. The summed E-state index contributed by atoms with van der Waals surface area (Å²) in [5.41, 5.74) is 2.01. The second-order valence-corrected chi connectivity index (χ2v) is 6.13. The van der Waals surface area contributed by atoms with Crippen molar-refractivity contribution in [2.45, 2.75) is 52.7 Å². The Labute approximate surface area is 122 Å². The molecule has 0 radical (unpaired) electrons. The van der Waals surface area contributed by atoms with Gasteiger partial charge >= 0.3 is 0 Å². The molecule has 0 saturated carbocycles. The van der Waals surface area contributed by atoms with Gasteiger partial charge in [-0.15, -0.1) is 0 Å². The van der Waals surface area contributed by atoms with Crippen molar-refractivity contribution in [2.24, 2.45) is 5.92 Å². The van der Waals surface area contributed by atoms with Gasteiger partial charge in [-0.1, -0.05) is 32.9 Å². The van der Waals surface area contributed by atoms with Crippen LogP contribution in [0.15, 0.2) is 18.2 Å². The molecule has 1 aromatic rings. The van der Waals surface area contributed by atoms with Crippen molar-refractivity contribution in [3.05, 3.63) is 35.1 Å². The van der Waals surface area contributed by atoms with Crippen molar-refractivity contribution in [1.29, 1.82) is 0 Å². The SMILES string of the molecule is CCNCc1ccc(F)c(CN2CCCC2C(C)C)c1. The number of hydrogen-bond donors (Lipinski definition) is 1. The summed E-state index contributed by atoms with van der Waals surface area (Å²) >= 11 is 0. The minimum absolute atomic E-state index is 0.0698. The molecule has 0 spiro atoms. The minimum atomic E-state index is -0.0698. The van der Waals surface area contributed by atoms with Crippen LogP contribution in [-0.4, -0.2) is 24.0 Å². The topological polar surface area (TPSA) is 15.3 Å². The molecule has 112 valence electrons. The lowest BCUT2D eigenvalue weighted by atomic mass is 10.0. The summed E-state index contributed by atoms with van der Waals surface area (Å²) in [6, 6.07) is 6.12. The highest BCUT2D eigenvalue weighted by atomic mass is 19.1. The van der Waals surface area contributed by atoms with Gasteiger partial charge in [0.2, 0.25) is 0 Å². The quantitative estimate of drug-likeness (QED) is 0.856. The molecule has 20 heavy (non-hydrogen) atoms. The van der Waals surface area contributed by atoms with Crippen LogP contribution >= 0.6 is 0 Å². The molecule has 0 bridgehead atoms. The van der Waals surface area contributed by atoms with Gasteiger partial charge in [0, 0.05) is 24.7 Å². The number of nitrogens with one attached hydrogen (secondary N) is 1. The van der Waals surface area contributed by atoms with E-state index in [9.17, 15) is 4.39 Å². The Morgan fingerprint density at radius 2 is 2.20 bits per heavy atom. The fraction of sp³-hybridized carbons (Fsp3) is 0.647. The van der Waals surface area contributed by atoms with E-state index < -0.39 is 0 Å². The molecular weight excluding hydrogens is 251 g/mol. The van der Waals surface area contributed by atoms with Gasteiger partial charge < -0.3 is 5.32 Å². The Morgan fingerprint density at radius 3 is 2.90 bits per heavy atom. The summed E-state index contributed by atoms with van der Waals surface area (Å²) in [5, 5.41) is 3.30. The van der Waals surface area contributed by atoms with Crippen LogP contribution in [0.4, 0.5) is 4.39 Å². The molecular formula is C17H27FN2. The molecule has 0 aliphatic carbocycles. The summed E-state index contributed by atoms with van der Waals surface area (Å²) in [5.74, 6) is 0.574. The maximum absolute atomic E-state index is 14.0. The zero-order valence-electron chi connectivity index (χ0n) is 13.0. The highest BCUT2D eigenvalue weighted by Crippen LogP contribution is 2.26.